The van der Waals surface area contributed by atoms with Gasteiger partial charge in [0.05, 0.1) is 11.0 Å². The fourth-order valence-electron chi connectivity index (χ4n) is 2.99. The van der Waals surface area contributed by atoms with Gasteiger partial charge in [0.25, 0.3) is 5.91 Å². The summed E-state index contributed by atoms with van der Waals surface area (Å²) in [5.41, 5.74) is 2.41. The zero-order valence-electron chi connectivity index (χ0n) is 14.5. The van der Waals surface area contributed by atoms with E-state index in [-0.39, 0.29) is 23.7 Å². The Morgan fingerprint density at radius 3 is 2.64 bits per heavy atom. The van der Waals surface area contributed by atoms with Gasteiger partial charge in [-0.1, -0.05) is 12.1 Å². The number of nitrogens with one attached hydrogen (secondary N) is 1. The Balaban J connectivity index is 1.90. The summed E-state index contributed by atoms with van der Waals surface area (Å²) in [6, 6.07) is 12.6. The minimum Gasteiger partial charge on any atom is -0.444 e. The summed E-state index contributed by atoms with van der Waals surface area (Å²) in [6.45, 7) is 0.320. The number of carbonyl (C=O) groups is 1. The van der Waals surface area contributed by atoms with E-state index in [1.807, 2.05) is 24.3 Å². The van der Waals surface area contributed by atoms with Gasteiger partial charge >= 0.3 is 0 Å². The SMILES string of the molecule is N#Cc1c(NC(=O)c2ccc(Br)o2)n(CCCO)c2nc3ccccc3nc12. The highest BCUT2D eigenvalue weighted by molar-refractivity contribution is 9.10. The van der Waals surface area contributed by atoms with Gasteiger partial charge in [-0.3, -0.25) is 4.79 Å². The molecule has 3 aromatic heterocycles. The summed E-state index contributed by atoms with van der Waals surface area (Å²) in [5.74, 6) is -0.126. The standard InChI is InChI=1S/C19H14BrN5O3/c20-15-7-6-14(28-15)19(27)24-17-11(10-21)16-18(25(17)8-3-9-26)23-13-5-2-1-4-12(13)22-16/h1-2,4-7,26H,3,8-9H2,(H,24,27). The van der Waals surface area contributed by atoms with Crippen LogP contribution in [0.25, 0.3) is 22.2 Å². The number of anilines is 1. The summed E-state index contributed by atoms with van der Waals surface area (Å²) < 4.78 is 7.41. The summed E-state index contributed by atoms with van der Waals surface area (Å²) >= 11 is 3.16. The van der Waals surface area contributed by atoms with Gasteiger partial charge in [0.2, 0.25) is 0 Å². The Labute approximate surface area is 167 Å². The fourth-order valence-corrected chi connectivity index (χ4v) is 3.29. The lowest BCUT2D eigenvalue weighted by atomic mass is 10.2. The third-order valence-corrected chi connectivity index (χ3v) is 4.66. The maximum Gasteiger partial charge on any atom is 0.292 e. The van der Waals surface area contributed by atoms with Gasteiger partial charge in [-0.25, -0.2) is 9.97 Å². The third-order valence-electron chi connectivity index (χ3n) is 4.23. The molecule has 0 atom stereocenters. The number of para-hydroxylation sites is 2. The number of aliphatic hydroxyl groups excluding tert-OH is 1. The van der Waals surface area contributed by atoms with Crippen LogP contribution in [0.4, 0.5) is 5.82 Å². The summed E-state index contributed by atoms with van der Waals surface area (Å²) in [4.78, 5) is 21.8. The maximum absolute atomic E-state index is 12.6. The Morgan fingerprint density at radius 2 is 2.00 bits per heavy atom. The van der Waals surface area contributed by atoms with Crippen molar-refractivity contribution in [2.24, 2.45) is 0 Å². The number of aryl methyl sites for hydroxylation is 1. The van der Waals surface area contributed by atoms with Crippen molar-refractivity contribution in [1.82, 2.24) is 14.5 Å². The highest BCUT2D eigenvalue weighted by atomic mass is 79.9. The number of furan rings is 1. The van der Waals surface area contributed by atoms with Gasteiger partial charge in [0.1, 0.15) is 23.0 Å². The van der Waals surface area contributed by atoms with E-state index in [1.54, 1.807) is 10.6 Å². The average Bonchev–Trinajstić information content (AvgIpc) is 3.25. The molecule has 4 rings (SSSR count). The minimum absolute atomic E-state index is 0.0406. The van der Waals surface area contributed by atoms with Crippen LogP contribution in [0.2, 0.25) is 0 Å². The molecule has 0 spiro atoms. The molecule has 8 nitrogen and oxygen atoms in total. The van der Waals surface area contributed by atoms with Crippen LogP contribution in [-0.2, 0) is 6.54 Å². The van der Waals surface area contributed by atoms with E-state index in [4.69, 9.17) is 4.42 Å². The Hall–Kier alpha value is -3.22. The number of amides is 1. The molecule has 9 heteroatoms. The molecule has 0 fully saturated rings. The number of rotatable bonds is 5. The van der Waals surface area contributed by atoms with Gasteiger partial charge in [-0.2, -0.15) is 5.26 Å². The quantitative estimate of drug-likeness (QED) is 0.491. The number of benzene rings is 1. The second-order valence-electron chi connectivity index (χ2n) is 6.01. The molecule has 3 heterocycles. The average molecular weight is 440 g/mol. The monoisotopic (exact) mass is 439 g/mol. The number of fused-ring (bicyclic) bond motifs is 2. The molecular formula is C19H14BrN5O3. The number of aliphatic hydroxyl groups is 1. The third kappa shape index (κ3) is 3.13. The Bertz CT molecular complexity index is 1240. The van der Waals surface area contributed by atoms with Gasteiger partial charge in [0.15, 0.2) is 16.1 Å². The number of hydrogen-bond acceptors (Lipinski definition) is 6. The van der Waals surface area contributed by atoms with Gasteiger partial charge < -0.3 is 19.4 Å². The van der Waals surface area contributed by atoms with Crippen LogP contribution in [-0.4, -0.2) is 32.2 Å². The maximum atomic E-state index is 12.6. The van der Waals surface area contributed by atoms with Crippen LogP contribution in [0.15, 0.2) is 45.5 Å². The first-order chi connectivity index (χ1) is 13.6. The van der Waals surface area contributed by atoms with E-state index < -0.39 is 5.91 Å². The molecule has 1 aromatic carbocycles. The van der Waals surface area contributed by atoms with Crippen molar-refractivity contribution in [3.8, 4) is 6.07 Å². The first kappa shape index (κ1) is 18.2. The number of carbonyl (C=O) groups excluding carboxylic acids is 1. The van der Waals surface area contributed by atoms with Gasteiger partial charge in [0, 0.05) is 13.2 Å². The van der Waals surface area contributed by atoms with Crippen molar-refractivity contribution >= 4 is 49.9 Å². The second kappa shape index (κ2) is 7.42. The van der Waals surface area contributed by atoms with Crippen molar-refractivity contribution in [3.05, 3.63) is 52.4 Å². The molecule has 0 aliphatic carbocycles. The first-order valence-corrected chi connectivity index (χ1v) is 9.28. The number of nitrogens with zero attached hydrogens (tertiary/aromatic N) is 4. The lowest BCUT2D eigenvalue weighted by Crippen LogP contribution is -2.16. The molecule has 2 N–H and O–H groups in total. The van der Waals surface area contributed by atoms with Crippen LogP contribution in [0.1, 0.15) is 22.5 Å². The predicted octanol–water partition coefficient (Wildman–Crippen LogP) is 3.45. The van der Waals surface area contributed by atoms with Crippen molar-refractivity contribution in [2.45, 2.75) is 13.0 Å². The van der Waals surface area contributed by atoms with E-state index in [1.165, 1.54) is 6.07 Å². The zero-order valence-corrected chi connectivity index (χ0v) is 16.1. The number of nitriles is 1. The molecule has 1 amide bonds. The predicted molar refractivity (Wildman–Crippen MR) is 106 cm³/mol. The van der Waals surface area contributed by atoms with E-state index in [0.29, 0.717) is 39.8 Å². The van der Waals surface area contributed by atoms with Crippen molar-refractivity contribution in [2.75, 3.05) is 11.9 Å². The highest BCUT2D eigenvalue weighted by Crippen LogP contribution is 2.30. The van der Waals surface area contributed by atoms with Crippen LogP contribution in [0, 0.1) is 11.3 Å². The zero-order chi connectivity index (χ0) is 19.7. The fraction of sp³-hybridized carbons (Fsp3) is 0.158. The van der Waals surface area contributed by atoms with E-state index in [0.717, 1.165) is 0 Å². The first-order valence-electron chi connectivity index (χ1n) is 8.49. The highest BCUT2D eigenvalue weighted by Gasteiger charge is 2.23. The molecule has 0 unspecified atom stereocenters. The van der Waals surface area contributed by atoms with Crippen molar-refractivity contribution in [1.29, 1.82) is 5.26 Å². The number of halogens is 1. The van der Waals surface area contributed by atoms with E-state index in [9.17, 15) is 15.2 Å². The van der Waals surface area contributed by atoms with Crippen molar-refractivity contribution in [3.63, 3.8) is 0 Å². The molecule has 0 radical (unpaired) electrons. The lowest BCUT2D eigenvalue weighted by Gasteiger charge is -2.10. The van der Waals surface area contributed by atoms with E-state index >= 15 is 0 Å². The molecule has 0 bridgehead atoms. The van der Waals surface area contributed by atoms with E-state index in [2.05, 4.69) is 37.3 Å². The molecule has 0 saturated heterocycles. The molecule has 140 valence electrons. The van der Waals surface area contributed by atoms with Crippen LogP contribution in [0.3, 0.4) is 0 Å². The smallest absolute Gasteiger partial charge is 0.292 e. The molecule has 0 aliphatic heterocycles. The number of hydrogen-bond donors (Lipinski definition) is 2. The molecule has 0 saturated carbocycles. The van der Waals surface area contributed by atoms with Crippen LogP contribution in [0.5, 0.6) is 0 Å². The van der Waals surface area contributed by atoms with Crippen LogP contribution < -0.4 is 5.32 Å². The van der Waals surface area contributed by atoms with Gasteiger partial charge in [-0.05, 0) is 46.6 Å². The summed E-state index contributed by atoms with van der Waals surface area (Å²) in [5, 5.41) is 21.8. The molecular weight excluding hydrogens is 426 g/mol. The lowest BCUT2D eigenvalue weighted by molar-refractivity contribution is 0.0994. The van der Waals surface area contributed by atoms with Crippen LogP contribution >= 0.6 is 15.9 Å². The molecule has 28 heavy (non-hydrogen) atoms. The minimum atomic E-state index is -0.500. The Kier molecular flexibility index (Phi) is 4.81. The topological polar surface area (TPSA) is 117 Å². The number of aromatic nitrogens is 3. The molecule has 4 aromatic rings. The molecule has 0 aliphatic rings. The normalized spacial score (nSPS) is 11.0. The summed E-state index contributed by atoms with van der Waals surface area (Å²) in [6.07, 6.45) is 0.429. The summed E-state index contributed by atoms with van der Waals surface area (Å²) in [7, 11) is 0. The second-order valence-corrected chi connectivity index (χ2v) is 6.79. The Morgan fingerprint density at radius 1 is 1.25 bits per heavy atom. The largest absolute Gasteiger partial charge is 0.444 e. The van der Waals surface area contributed by atoms with Gasteiger partial charge in [-0.15, -0.1) is 0 Å². The van der Waals surface area contributed by atoms with Crippen molar-refractivity contribution < 1.29 is 14.3 Å².